The van der Waals surface area contributed by atoms with Crippen LogP contribution in [0.5, 0.6) is 11.5 Å². The lowest BCUT2D eigenvalue weighted by atomic mass is 10.3. The van der Waals surface area contributed by atoms with Gasteiger partial charge in [-0.25, -0.2) is 8.42 Å². The van der Waals surface area contributed by atoms with Gasteiger partial charge in [0.25, 0.3) is 10.0 Å². The fraction of sp³-hybridized carbons (Fsp3) is 0.250. The van der Waals surface area contributed by atoms with Gasteiger partial charge in [0.05, 0.1) is 14.2 Å². The van der Waals surface area contributed by atoms with Gasteiger partial charge in [-0.2, -0.15) is 0 Å². The lowest BCUT2D eigenvalue weighted by Crippen LogP contribution is -2.03. The molecule has 77 valence electrons. The number of rotatable bonds is 3. The Balaban J connectivity index is 3.33. The molecule has 1 rings (SSSR count). The Labute approximate surface area is 82.5 Å². The van der Waals surface area contributed by atoms with E-state index in [0.717, 1.165) is 0 Å². The maximum atomic E-state index is 11.0. The summed E-state index contributed by atoms with van der Waals surface area (Å²) < 4.78 is 31.6. The van der Waals surface area contributed by atoms with Crippen molar-refractivity contribution in [3.05, 3.63) is 18.2 Å². The molecule has 1 aromatic rings. The van der Waals surface area contributed by atoms with Crippen molar-refractivity contribution in [2.45, 2.75) is 4.90 Å². The average Bonchev–Trinajstić information content (AvgIpc) is 2.15. The van der Waals surface area contributed by atoms with Gasteiger partial charge in [-0.05, 0) is 12.1 Å². The minimum absolute atomic E-state index is 0.111. The van der Waals surface area contributed by atoms with Crippen LogP contribution in [0.4, 0.5) is 0 Å². The van der Waals surface area contributed by atoms with Crippen LogP contribution in [0, 0.1) is 0 Å². The first-order valence-electron chi connectivity index (χ1n) is 3.70. The number of benzene rings is 1. The SMILES string of the molecule is COc1ccc(S([NH])(=O)=O)c(OC)c1. The van der Waals surface area contributed by atoms with Gasteiger partial charge in [0.15, 0.2) is 0 Å². The summed E-state index contributed by atoms with van der Waals surface area (Å²) in [7, 11) is -1.20. The molecule has 5 nitrogen and oxygen atoms in total. The number of methoxy groups -OCH3 is 2. The van der Waals surface area contributed by atoms with Crippen LogP contribution in [-0.4, -0.2) is 22.6 Å². The van der Waals surface area contributed by atoms with Crippen molar-refractivity contribution in [1.29, 1.82) is 0 Å². The molecule has 0 spiro atoms. The second kappa shape index (κ2) is 3.85. The maximum Gasteiger partial charge on any atom is 0.257 e. The zero-order valence-electron chi connectivity index (χ0n) is 7.77. The maximum absolute atomic E-state index is 11.0. The number of hydrogen-bond acceptors (Lipinski definition) is 4. The van der Waals surface area contributed by atoms with Gasteiger partial charge in [-0.15, -0.1) is 5.14 Å². The second-order valence-corrected chi connectivity index (χ2v) is 3.97. The van der Waals surface area contributed by atoms with Crippen LogP contribution in [-0.2, 0) is 10.0 Å². The summed E-state index contributed by atoms with van der Waals surface area (Å²) in [6.07, 6.45) is 0. The highest BCUT2D eigenvalue weighted by molar-refractivity contribution is 7.89. The third kappa shape index (κ3) is 2.15. The Bertz CT molecular complexity index is 427. The summed E-state index contributed by atoms with van der Waals surface area (Å²) in [6, 6.07) is 4.16. The summed E-state index contributed by atoms with van der Waals surface area (Å²) in [5, 5.41) is 6.90. The quantitative estimate of drug-likeness (QED) is 0.744. The van der Waals surface area contributed by atoms with Crippen molar-refractivity contribution in [1.82, 2.24) is 5.14 Å². The van der Waals surface area contributed by atoms with Crippen LogP contribution in [0.2, 0.25) is 0 Å². The number of nitrogens with one attached hydrogen (secondary N) is 1. The first-order chi connectivity index (χ1) is 6.49. The number of sulfonamides is 1. The smallest absolute Gasteiger partial charge is 0.257 e. The third-order valence-electron chi connectivity index (χ3n) is 1.66. The van der Waals surface area contributed by atoms with Gasteiger partial charge in [-0.1, -0.05) is 0 Å². The average molecular weight is 216 g/mol. The standard InChI is InChI=1S/C8H10NO4S/c1-12-6-3-4-8(14(9,10)11)7(5-6)13-2/h3-5,9H,1-2H3. The van der Waals surface area contributed by atoms with E-state index in [9.17, 15) is 8.42 Å². The number of hydrogen-bond donors (Lipinski definition) is 0. The zero-order valence-corrected chi connectivity index (χ0v) is 8.59. The van der Waals surface area contributed by atoms with E-state index in [1.165, 1.54) is 32.4 Å². The summed E-state index contributed by atoms with van der Waals surface area (Å²) in [4.78, 5) is -0.166. The van der Waals surface area contributed by atoms with Crippen molar-refractivity contribution in [3.63, 3.8) is 0 Å². The van der Waals surface area contributed by atoms with Crippen molar-refractivity contribution in [2.75, 3.05) is 14.2 Å². The molecule has 0 aliphatic carbocycles. The molecule has 0 fully saturated rings. The highest BCUT2D eigenvalue weighted by Crippen LogP contribution is 2.27. The van der Waals surface area contributed by atoms with Gasteiger partial charge in [0, 0.05) is 6.07 Å². The van der Waals surface area contributed by atoms with E-state index in [1.807, 2.05) is 0 Å². The number of ether oxygens (including phenoxy) is 2. The van der Waals surface area contributed by atoms with Crippen molar-refractivity contribution in [2.24, 2.45) is 0 Å². The van der Waals surface area contributed by atoms with E-state index in [-0.39, 0.29) is 10.6 Å². The van der Waals surface area contributed by atoms with E-state index in [0.29, 0.717) is 5.75 Å². The molecule has 1 N–H and O–H groups in total. The van der Waals surface area contributed by atoms with E-state index >= 15 is 0 Å². The van der Waals surface area contributed by atoms with E-state index in [1.54, 1.807) is 0 Å². The van der Waals surface area contributed by atoms with Gasteiger partial charge in [-0.3, -0.25) is 0 Å². The van der Waals surface area contributed by atoms with Crippen LogP contribution in [0.25, 0.3) is 0 Å². The van der Waals surface area contributed by atoms with E-state index < -0.39 is 10.0 Å². The molecule has 0 bridgehead atoms. The fourth-order valence-electron chi connectivity index (χ4n) is 0.997. The van der Waals surface area contributed by atoms with E-state index in [2.05, 4.69) is 0 Å². The minimum atomic E-state index is -4.00. The topological polar surface area (TPSA) is 76.4 Å². The molecule has 0 saturated carbocycles. The molecule has 0 amide bonds. The Hall–Kier alpha value is -1.27. The Morgan fingerprint density at radius 2 is 1.86 bits per heavy atom. The fourth-order valence-corrected chi connectivity index (χ4v) is 1.65. The van der Waals surface area contributed by atoms with Gasteiger partial charge < -0.3 is 9.47 Å². The van der Waals surface area contributed by atoms with Crippen LogP contribution >= 0.6 is 0 Å². The molecular weight excluding hydrogens is 206 g/mol. The Morgan fingerprint density at radius 1 is 1.21 bits per heavy atom. The predicted octanol–water partition coefficient (Wildman–Crippen LogP) is 0.675. The highest BCUT2D eigenvalue weighted by atomic mass is 32.2. The Kier molecular flexibility index (Phi) is 2.97. The van der Waals surface area contributed by atoms with Gasteiger partial charge in [0.2, 0.25) is 0 Å². The molecule has 1 radical (unpaired) electrons. The monoisotopic (exact) mass is 216 g/mol. The summed E-state index contributed by atoms with van der Waals surface area (Å²) in [5.74, 6) is 0.591. The molecule has 6 heteroatoms. The summed E-state index contributed by atoms with van der Waals surface area (Å²) >= 11 is 0. The predicted molar refractivity (Wildman–Crippen MR) is 49.8 cm³/mol. The lowest BCUT2D eigenvalue weighted by Gasteiger charge is -2.07. The Morgan fingerprint density at radius 3 is 2.29 bits per heavy atom. The van der Waals surface area contributed by atoms with E-state index in [4.69, 9.17) is 14.6 Å². The molecule has 0 atom stereocenters. The lowest BCUT2D eigenvalue weighted by molar-refractivity contribution is 0.386. The van der Waals surface area contributed by atoms with Crippen LogP contribution < -0.4 is 14.6 Å². The molecule has 0 heterocycles. The molecule has 0 aliphatic heterocycles. The molecule has 0 saturated heterocycles. The van der Waals surface area contributed by atoms with Crippen molar-refractivity contribution < 1.29 is 17.9 Å². The highest BCUT2D eigenvalue weighted by Gasteiger charge is 2.15. The van der Waals surface area contributed by atoms with Gasteiger partial charge in [0.1, 0.15) is 16.4 Å². The minimum Gasteiger partial charge on any atom is -0.497 e. The molecular formula is C8H10NO4S. The third-order valence-corrected chi connectivity index (χ3v) is 2.58. The van der Waals surface area contributed by atoms with Crippen molar-refractivity contribution in [3.8, 4) is 11.5 Å². The van der Waals surface area contributed by atoms with Crippen LogP contribution in [0.1, 0.15) is 0 Å². The van der Waals surface area contributed by atoms with Crippen LogP contribution in [0.3, 0.4) is 0 Å². The first kappa shape index (κ1) is 10.8. The molecule has 0 aliphatic rings. The second-order valence-electron chi connectivity index (χ2n) is 2.52. The molecule has 14 heavy (non-hydrogen) atoms. The summed E-state index contributed by atoms with van der Waals surface area (Å²) in [5.41, 5.74) is 0. The largest absolute Gasteiger partial charge is 0.497 e. The van der Waals surface area contributed by atoms with Crippen molar-refractivity contribution >= 4 is 10.0 Å². The molecule has 1 aromatic carbocycles. The molecule has 0 unspecified atom stereocenters. The normalized spacial score (nSPS) is 11.1. The summed E-state index contributed by atoms with van der Waals surface area (Å²) in [6.45, 7) is 0. The first-order valence-corrected chi connectivity index (χ1v) is 5.19. The zero-order chi connectivity index (χ0) is 10.8. The molecule has 0 aromatic heterocycles. The van der Waals surface area contributed by atoms with Crippen LogP contribution in [0.15, 0.2) is 23.1 Å². The van der Waals surface area contributed by atoms with Gasteiger partial charge >= 0.3 is 0 Å².